The Bertz CT molecular complexity index is 1170. The first-order chi connectivity index (χ1) is 14.0. The van der Waals surface area contributed by atoms with Crippen LogP contribution in [0.25, 0.3) is 22.6 Å². The van der Waals surface area contributed by atoms with Crippen LogP contribution in [0.3, 0.4) is 0 Å². The molecular weight excluding hydrogens is 434 g/mol. The molecule has 2 aromatic carbocycles. The molecule has 6 nitrogen and oxygen atoms in total. The molecule has 1 N–H and O–H groups in total. The van der Waals surface area contributed by atoms with Gasteiger partial charge in [-0.25, -0.2) is 4.98 Å². The van der Waals surface area contributed by atoms with E-state index in [0.717, 1.165) is 15.8 Å². The molecule has 0 fully saturated rings. The standard InChI is InChI=1S/C22H18BrN3O3/c1-13(2)28-18-6-3-14(4-7-18)21(27)25-17-5-8-20-19(10-17)26-22(29-20)15-9-16(23)12-24-11-15/h3-13H,1-2H3,(H,25,27). The molecule has 4 rings (SSSR count). The van der Waals surface area contributed by atoms with Crippen molar-refractivity contribution in [1.29, 1.82) is 0 Å². The van der Waals surface area contributed by atoms with Crippen molar-refractivity contribution in [3.63, 3.8) is 0 Å². The van der Waals surface area contributed by atoms with Gasteiger partial charge in [0.15, 0.2) is 5.58 Å². The Labute approximate surface area is 176 Å². The Morgan fingerprint density at radius 2 is 1.90 bits per heavy atom. The fourth-order valence-electron chi connectivity index (χ4n) is 2.82. The average Bonchev–Trinajstić information content (AvgIpc) is 3.11. The number of ether oxygens (including phenoxy) is 1. The number of pyridine rings is 1. The van der Waals surface area contributed by atoms with Crippen LogP contribution in [-0.4, -0.2) is 22.0 Å². The fraction of sp³-hybridized carbons (Fsp3) is 0.136. The van der Waals surface area contributed by atoms with Gasteiger partial charge in [0.2, 0.25) is 5.89 Å². The summed E-state index contributed by atoms with van der Waals surface area (Å²) >= 11 is 3.39. The number of benzene rings is 2. The number of anilines is 1. The number of aromatic nitrogens is 2. The molecule has 0 saturated heterocycles. The molecule has 0 bridgehead atoms. The Kier molecular flexibility index (Phi) is 5.31. The second kappa shape index (κ2) is 8.05. The van der Waals surface area contributed by atoms with Crippen LogP contribution in [0.1, 0.15) is 24.2 Å². The molecule has 7 heteroatoms. The highest BCUT2D eigenvalue weighted by Crippen LogP contribution is 2.27. The third-order valence-corrected chi connectivity index (χ3v) is 4.52. The van der Waals surface area contributed by atoms with Crippen molar-refractivity contribution < 1.29 is 13.9 Å². The molecule has 0 aliphatic carbocycles. The quantitative estimate of drug-likeness (QED) is 0.421. The third kappa shape index (κ3) is 4.46. The summed E-state index contributed by atoms with van der Waals surface area (Å²) in [6, 6.07) is 14.3. The van der Waals surface area contributed by atoms with Gasteiger partial charge in [-0.2, -0.15) is 0 Å². The zero-order valence-electron chi connectivity index (χ0n) is 15.8. The summed E-state index contributed by atoms with van der Waals surface area (Å²) in [7, 11) is 0. The summed E-state index contributed by atoms with van der Waals surface area (Å²) in [5.41, 5.74) is 3.23. The van der Waals surface area contributed by atoms with Gasteiger partial charge >= 0.3 is 0 Å². The molecule has 2 aromatic heterocycles. The highest BCUT2D eigenvalue weighted by Gasteiger charge is 2.12. The van der Waals surface area contributed by atoms with Crippen molar-refractivity contribution in [2.45, 2.75) is 20.0 Å². The van der Waals surface area contributed by atoms with Crippen LogP contribution >= 0.6 is 15.9 Å². The number of hydrogen-bond acceptors (Lipinski definition) is 5. The maximum absolute atomic E-state index is 12.5. The molecule has 0 aliphatic rings. The molecule has 29 heavy (non-hydrogen) atoms. The lowest BCUT2D eigenvalue weighted by molar-refractivity contribution is 0.102. The van der Waals surface area contributed by atoms with Crippen LogP contribution in [0.4, 0.5) is 5.69 Å². The number of carbonyl (C=O) groups excluding carboxylic acids is 1. The van der Waals surface area contributed by atoms with E-state index in [4.69, 9.17) is 9.15 Å². The second-order valence-corrected chi connectivity index (χ2v) is 7.65. The minimum atomic E-state index is -0.208. The fourth-order valence-corrected chi connectivity index (χ4v) is 3.18. The first-order valence-corrected chi connectivity index (χ1v) is 9.87. The van der Waals surface area contributed by atoms with Gasteiger partial charge in [-0.15, -0.1) is 0 Å². The van der Waals surface area contributed by atoms with Gasteiger partial charge in [0.05, 0.1) is 11.7 Å². The van der Waals surface area contributed by atoms with Crippen LogP contribution in [0, 0.1) is 0 Å². The van der Waals surface area contributed by atoms with Crippen molar-refractivity contribution in [3.8, 4) is 17.2 Å². The summed E-state index contributed by atoms with van der Waals surface area (Å²) in [6.45, 7) is 3.92. The zero-order chi connectivity index (χ0) is 20.4. The van der Waals surface area contributed by atoms with Crippen LogP contribution in [0.2, 0.25) is 0 Å². The molecule has 0 spiro atoms. The van der Waals surface area contributed by atoms with Crippen molar-refractivity contribution in [3.05, 3.63) is 71.0 Å². The first-order valence-electron chi connectivity index (χ1n) is 9.07. The summed E-state index contributed by atoms with van der Waals surface area (Å²) in [5.74, 6) is 0.994. The van der Waals surface area contributed by atoms with Crippen molar-refractivity contribution in [2.75, 3.05) is 5.32 Å². The number of nitrogens with one attached hydrogen (secondary N) is 1. The molecule has 146 valence electrons. The topological polar surface area (TPSA) is 77.2 Å². The van der Waals surface area contributed by atoms with E-state index in [1.807, 2.05) is 19.9 Å². The Balaban J connectivity index is 1.53. The minimum absolute atomic E-state index is 0.0848. The number of hydrogen-bond donors (Lipinski definition) is 1. The molecule has 0 saturated carbocycles. The Hall–Kier alpha value is -3.19. The van der Waals surface area contributed by atoms with Crippen molar-refractivity contribution in [2.24, 2.45) is 0 Å². The summed E-state index contributed by atoms with van der Waals surface area (Å²) in [5, 5.41) is 2.89. The number of rotatable bonds is 5. The van der Waals surface area contributed by atoms with Gasteiger partial charge in [0, 0.05) is 28.1 Å². The summed E-state index contributed by atoms with van der Waals surface area (Å²) in [6.07, 6.45) is 3.47. The molecule has 4 aromatic rings. The second-order valence-electron chi connectivity index (χ2n) is 6.74. The molecule has 0 unspecified atom stereocenters. The third-order valence-electron chi connectivity index (χ3n) is 4.09. The van der Waals surface area contributed by atoms with E-state index < -0.39 is 0 Å². The largest absolute Gasteiger partial charge is 0.491 e. The van der Waals surface area contributed by atoms with Gasteiger partial charge in [0.1, 0.15) is 11.3 Å². The lowest BCUT2D eigenvalue weighted by atomic mass is 10.2. The van der Waals surface area contributed by atoms with Gasteiger partial charge in [-0.1, -0.05) is 0 Å². The van der Waals surface area contributed by atoms with Crippen LogP contribution in [-0.2, 0) is 0 Å². The number of amides is 1. The summed E-state index contributed by atoms with van der Waals surface area (Å²) < 4.78 is 12.2. The number of fused-ring (bicyclic) bond motifs is 1. The van der Waals surface area contributed by atoms with E-state index in [0.29, 0.717) is 28.2 Å². The Morgan fingerprint density at radius 3 is 2.62 bits per heavy atom. The Morgan fingerprint density at radius 1 is 1.10 bits per heavy atom. The maximum Gasteiger partial charge on any atom is 0.255 e. The van der Waals surface area contributed by atoms with Crippen LogP contribution < -0.4 is 10.1 Å². The van der Waals surface area contributed by atoms with E-state index in [1.54, 1.807) is 54.9 Å². The number of halogens is 1. The zero-order valence-corrected chi connectivity index (χ0v) is 17.4. The average molecular weight is 452 g/mol. The van der Waals surface area contributed by atoms with Gasteiger partial charge in [-0.05, 0) is 78.3 Å². The smallest absolute Gasteiger partial charge is 0.255 e. The van der Waals surface area contributed by atoms with E-state index in [-0.39, 0.29) is 12.0 Å². The predicted octanol–water partition coefficient (Wildman–Crippen LogP) is 5.69. The predicted molar refractivity (Wildman–Crippen MR) is 115 cm³/mol. The van der Waals surface area contributed by atoms with Crippen molar-refractivity contribution >= 4 is 38.6 Å². The van der Waals surface area contributed by atoms with E-state index in [1.165, 1.54) is 0 Å². The van der Waals surface area contributed by atoms with Gasteiger partial charge < -0.3 is 14.5 Å². The molecule has 0 aliphatic heterocycles. The van der Waals surface area contributed by atoms with E-state index in [2.05, 4.69) is 31.2 Å². The molecule has 2 heterocycles. The van der Waals surface area contributed by atoms with Gasteiger partial charge in [0.25, 0.3) is 5.91 Å². The highest BCUT2D eigenvalue weighted by molar-refractivity contribution is 9.10. The molecular formula is C22H18BrN3O3. The number of carbonyl (C=O) groups is 1. The van der Waals surface area contributed by atoms with Gasteiger partial charge in [-0.3, -0.25) is 9.78 Å². The van der Waals surface area contributed by atoms with Crippen LogP contribution in [0.15, 0.2) is 69.8 Å². The SMILES string of the molecule is CC(C)Oc1ccc(C(=O)Nc2ccc3oc(-c4cncc(Br)c4)nc3c2)cc1. The van der Waals surface area contributed by atoms with E-state index in [9.17, 15) is 4.79 Å². The molecule has 1 amide bonds. The molecule has 0 atom stereocenters. The minimum Gasteiger partial charge on any atom is -0.491 e. The number of nitrogens with zero attached hydrogens (tertiary/aromatic N) is 2. The van der Waals surface area contributed by atoms with Crippen molar-refractivity contribution in [1.82, 2.24) is 9.97 Å². The normalized spacial score (nSPS) is 11.0. The molecule has 0 radical (unpaired) electrons. The summed E-state index contributed by atoms with van der Waals surface area (Å²) in [4.78, 5) is 21.2. The monoisotopic (exact) mass is 451 g/mol. The maximum atomic E-state index is 12.5. The number of oxazole rings is 1. The lowest BCUT2D eigenvalue weighted by Crippen LogP contribution is -2.12. The van der Waals surface area contributed by atoms with Crippen LogP contribution in [0.5, 0.6) is 5.75 Å². The lowest BCUT2D eigenvalue weighted by Gasteiger charge is -2.10. The highest BCUT2D eigenvalue weighted by atomic mass is 79.9. The first kappa shape index (κ1) is 19.1. The van der Waals surface area contributed by atoms with E-state index >= 15 is 0 Å².